The molecular formula is C21H20N2O5S2. The molecule has 9 heteroatoms. The fourth-order valence-corrected chi connectivity index (χ4v) is 3.85. The molecule has 0 radical (unpaired) electrons. The Bertz CT molecular complexity index is 1000. The summed E-state index contributed by atoms with van der Waals surface area (Å²) in [5.74, 6) is 0.968. The van der Waals surface area contributed by atoms with E-state index in [0.717, 1.165) is 22.3 Å². The molecule has 1 saturated heterocycles. The average molecular weight is 445 g/mol. The number of carbonyl (C=O) groups excluding carboxylic acids is 2. The minimum Gasteiger partial charge on any atom is -0.497 e. The van der Waals surface area contributed by atoms with Crippen LogP contribution in [0.4, 0.5) is 0 Å². The molecule has 2 amide bonds. The van der Waals surface area contributed by atoms with E-state index in [1.54, 1.807) is 56.7 Å². The molecule has 2 aromatic rings. The maximum atomic E-state index is 12.8. The molecule has 0 atom stereocenters. The number of methoxy groups -OCH3 is 2. The summed E-state index contributed by atoms with van der Waals surface area (Å²) in [7, 11) is 3.11. The molecule has 0 saturated carbocycles. The first-order chi connectivity index (χ1) is 14.5. The number of thiocarbonyl (C=S) groups is 1. The quantitative estimate of drug-likeness (QED) is 0.516. The van der Waals surface area contributed by atoms with Gasteiger partial charge in [-0.2, -0.15) is 5.01 Å². The van der Waals surface area contributed by atoms with Crippen LogP contribution >= 0.6 is 24.0 Å². The van der Waals surface area contributed by atoms with Crippen LogP contribution in [0.3, 0.4) is 0 Å². The van der Waals surface area contributed by atoms with Crippen LogP contribution < -0.4 is 19.6 Å². The van der Waals surface area contributed by atoms with Crippen LogP contribution in [0.2, 0.25) is 0 Å². The summed E-state index contributed by atoms with van der Waals surface area (Å²) in [5.41, 5.74) is 3.69. The highest BCUT2D eigenvalue weighted by Crippen LogP contribution is 2.34. The van der Waals surface area contributed by atoms with Crippen molar-refractivity contribution in [2.24, 2.45) is 0 Å². The van der Waals surface area contributed by atoms with Gasteiger partial charge in [0.15, 0.2) is 15.8 Å². The third-order valence-electron chi connectivity index (χ3n) is 4.14. The highest BCUT2D eigenvalue weighted by molar-refractivity contribution is 8.26. The lowest BCUT2D eigenvalue weighted by Gasteiger charge is -2.15. The van der Waals surface area contributed by atoms with Crippen LogP contribution in [0.5, 0.6) is 17.2 Å². The van der Waals surface area contributed by atoms with E-state index in [0.29, 0.717) is 34.3 Å². The van der Waals surface area contributed by atoms with Crippen molar-refractivity contribution in [3.63, 3.8) is 0 Å². The average Bonchev–Trinajstić information content (AvgIpc) is 3.01. The number of hydrogen-bond acceptors (Lipinski definition) is 7. The number of benzene rings is 2. The minimum absolute atomic E-state index is 0.242. The van der Waals surface area contributed by atoms with Crippen LogP contribution in [-0.4, -0.2) is 42.0 Å². The van der Waals surface area contributed by atoms with Gasteiger partial charge in [0.2, 0.25) is 0 Å². The number of rotatable bonds is 7. The number of nitrogens with one attached hydrogen (secondary N) is 1. The van der Waals surface area contributed by atoms with Gasteiger partial charge in [-0.1, -0.05) is 17.8 Å². The smallest absolute Gasteiger partial charge is 0.285 e. The summed E-state index contributed by atoms with van der Waals surface area (Å²) < 4.78 is 16.2. The Labute approximate surface area is 184 Å². The lowest BCUT2D eigenvalue weighted by atomic mass is 10.2. The number of carbonyl (C=O) groups is 2. The molecule has 3 rings (SSSR count). The van der Waals surface area contributed by atoms with Gasteiger partial charge in [0.1, 0.15) is 5.75 Å². The van der Waals surface area contributed by atoms with Gasteiger partial charge in [-0.25, -0.2) is 0 Å². The van der Waals surface area contributed by atoms with Gasteiger partial charge >= 0.3 is 0 Å². The van der Waals surface area contributed by atoms with Crippen molar-refractivity contribution in [3.05, 3.63) is 58.5 Å². The van der Waals surface area contributed by atoms with Gasteiger partial charge < -0.3 is 14.2 Å². The lowest BCUT2D eigenvalue weighted by molar-refractivity contribution is -0.123. The van der Waals surface area contributed by atoms with Gasteiger partial charge in [0.25, 0.3) is 11.8 Å². The van der Waals surface area contributed by atoms with E-state index in [1.807, 2.05) is 13.0 Å². The van der Waals surface area contributed by atoms with Gasteiger partial charge in [-0.3, -0.25) is 15.0 Å². The second-order valence-electron chi connectivity index (χ2n) is 6.03. The third kappa shape index (κ3) is 4.74. The predicted molar refractivity (Wildman–Crippen MR) is 120 cm³/mol. The second-order valence-corrected chi connectivity index (χ2v) is 7.71. The Balaban J connectivity index is 1.77. The molecule has 0 bridgehead atoms. The van der Waals surface area contributed by atoms with Gasteiger partial charge in [-0.15, -0.1) is 0 Å². The molecule has 1 aliphatic rings. The highest BCUT2D eigenvalue weighted by Gasteiger charge is 2.33. The molecule has 156 valence electrons. The molecular weight excluding hydrogens is 424 g/mol. The van der Waals surface area contributed by atoms with E-state index < -0.39 is 11.8 Å². The van der Waals surface area contributed by atoms with E-state index in [2.05, 4.69) is 5.43 Å². The molecule has 0 aliphatic carbocycles. The molecule has 0 aromatic heterocycles. The van der Waals surface area contributed by atoms with Crippen LogP contribution in [0.1, 0.15) is 22.8 Å². The van der Waals surface area contributed by atoms with Gasteiger partial charge in [-0.05, 0) is 67.2 Å². The van der Waals surface area contributed by atoms with Crippen LogP contribution in [0.15, 0.2) is 47.4 Å². The van der Waals surface area contributed by atoms with E-state index in [4.69, 9.17) is 26.4 Å². The number of nitrogens with zero attached hydrogens (tertiary/aromatic N) is 1. The lowest BCUT2D eigenvalue weighted by Crippen LogP contribution is -2.44. The number of hydrogen-bond donors (Lipinski definition) is 1. The van der Waals surface area contributed by atoms with E-state index in [-0.39, 0.29) is 4.32 Å². The van der Waals surface area contributed by atoms with Crippen molar-refractivity contribution >= 4 is 46.2 Å². The molecule has 7 nitrogen and oxygen atoms in total. The first-order valence-electron chi connectivity index (χ1n) is 9.00. The number of thioether (sulfide) groups is 1. The maximum absolute atomic E-state index is 12.8. The number of ether oxygens (including phenoxy) is 3. The van der Waals surface area contributed by atoms with Crippen LogP contribution in [0, 0.1) is 0 Å². The molecule has 2 aromatic carbocycles. The van der Waals surface area contributed by atoms with Crippen molar-refractivity contribution in [2.75, 3.05) is 20.8 Å². The number of amides is 2. The minimum atomic E-state index is -0.446. The molecule has 1 heterocycles. The molecule has 0 unspecified atom stereocenters. The first-order valence-corrected chi connectivity index (χ1v) is 10.2. The summed E-state index contributed by atoms with van der Waals surface area (Å²) in [4.78, 5) is 25.7. The highest BCUT2D eigenvalue weighted by atomic mass is 32.2. The van der Waals surface area contributed by atoms with Gasteiger partial charge in [0, 0.05) is 5.56 Å². The van der Waals surface area contributed by atoms with E-state index >= 15 is 0 Å². The Hall–Kier alpha value is -3.04. The first kappa shape index (κ1) is 21.7. The number of hydrazine groups is 1. The fraction of sp³-hybridized carbons (Fsp3) is 0.190. The largest absolute Gasteiger partial charge is 0.497 e. The van der Waals surface area contributed by atoms with Crippen molar-refractivity contribution in [1.82, 2.24) is 10.4 Å². The zero-order chi connectivity index (χ0) is 21.7. The molecule has 1 aliphatic heterocycles. The molecule has 1 fully saturated rings. The van der Waals surface area contributed by atoms with Crippen molar-refractivity contribution in [2.45, 2.75) is 6.92 Å². The Morgan fingerprint density at radius 2 is 1.87 bits per heavy atom. The molecule has 1 N–H and O–H groups in total. The summed E-state index contributed by atoms with van der Waals surface area (Å²) in [6, 6.07) is 11.9. The Kier molecular flexibility index (Phi) is 6.96. The van der Waals surface area contributed by atoms with E-state index in [9.17, 15) is 9.59 Å². The zero-order valence-electron chi connectivity index (χ0n) is 16.6. The summed E-state index contributed by atoms with van der Waals surface area (Å²) in [5, 5.41) is 1.07. The van der Waals surface area contributed by atoms with Crippen molar-refractivity contribution < 1.29 is 23.8 Å². The second kappa shape index (κ2) is 9.64. The van der Waals surface area contributed by atoms with Crippen molar-refractivity contribution in [1.29, 1.82) is 0 Å². The fourth-order valence-electron chi connectivity index (χ4n) is 2.68. The normalized spacial score (nSPS) is 14.8. The predicted octanol–water partition coefficient (Wildman–Crippen LogP) is 3.65. The summed E-state index contributed by atoms with van der Waals surface area (Å²) in [6.45, 7) is 2.36. The standard InChI is InChI=1S/C21H20N2O5S2/c1-4-28-17-11-13(5-10-16(17)27-3)12-18-20(25)23(21(29)30-18)22-19(24)14-6-8-15(26-2)9-7-14/h5-12H,4H2,1-3H3,(H,22,24)/b18-12+. The SMILES string of the molecule is CCOc1cc(/C=C2/SC(=S)N(NC(=O)c3ccc(OC)cc3)C2=O)ccc1OC. The van der Waals surface area contributed by atoms with Gasteiger partial charge in [0.05, 0.1) is 25.7 Å². The summed E-state index contributed by atoms with van der Waals surface area (Å²) >= 11 is 6.38. The van der Waals surface area contributed by atoms with Crippen molar-refractivity contribution in [3.8, 4) is 17.2 Å². The van der Waals surface area contributed by atoms with E-state index in [1.165, 1.54) is 0 Å². The van der Waals surface area contributed by atoms with Crippen LogP contribution in [-0.2, 0) is 4.79 Å². The van der Waals surface area contributed by atoms with Crippen LogP contribution in [0.25, 0.3) is 6.08 Å². The maximum Gasteiger partial charge on any atom is 0.285 e. The summed E-state index contributed by atoms with van der Waals surface area (Å²) in [6.07, 6.45) is 1.70. The molecule has 0 spiro atoms. The Morgan fingerprint density at radius 1 is 1.13 bits per heavy atom. The zero-order valence-corrected chi connectivity index (χ0v) is 18.3. The molecule has 30 heavy (non-hydrogen) atoms. The Morgan fingerprint density at radius 3 is 2.50 bits per heavy atom. The topological polar surface area (TPSA) is 77.1 Å². The third-order valence-corrected chi connectivity index (χ3v) is 5.45. The monoisotopic (exact) mass is 444 g/mol.